The summed E-state index contributed by atoms with van der Waals surface area (Å²) in [7, 11) is 0. The van der Waals surface area contributed by atoms with Crippen LogP contribution in [0.2, 0.25) is 5.15 Å². The molecule has 0 spiro atoms. The van der Waals surface area contributed by atoms with Gasteiger partial charge >= 0.3 is 0 Å². The predicted molar refractivity (Wildman–Crippen MR) is 78.1 cm³/mol. The number of hydrogen-bond acceptors (Lipinski definition) is 4. The van der Waals surface area contributed by atoms with Gasteiger partial charge in [-0.3, -0.25) is 4.98 Å². The summed E-state index contributed by atoms with van der Waals surface area (Å²) in [5.74, 6) is 0.611. The highest BCUT2D eigenvalue weighted by Crippen LogP contribution is 2.31. The largest absolute Gasteiger partial charge is 0.252 e. The molecule has 90 valence electrons. The first-order valence-electron chi connectivity index (χ1n) is 5.17. The number of halogens is 2. The second-order valence-corrected chi connectivity index (χ2v) is 5.95. The summed E-state index contributed by atoms with van der Waals surface area (Å²) >= 11 is 11.2. The van der Waals surface area contributed by atoms with Crippen LogP contribution >= 0.6 is 38.9 Å². The minimum atomic E-state index is 0.466. The Labute approximate surface area is 121 Å². The van der Waals surface area contributed by atoms with Crippen LogP contribution in [0, 0.1) is 6.92 Å². The summed E-state index contributed by atoms with van der Waals surface area (Å²) in [6.07, 6.45) is 1.74. The number of nitrogens with zero attached hydrogens (tertiary/aromatic N) is 3. The molecule has 0 aliphatic rings. The highest BCUT2D eigenvalue weighted by atomic mass is 79.9. The number of thiazole rings is 1. The van der Waals surface area contributed by atoms with Crippen molar-refractivity contribution in [2.24, 2.45) is 0 Å². The van der Waals surface area contributed by atoms with Gasteiger partial charge < -0.3 is 0 Å². The fourth-order valence-electron chi connectivity index (χ4n) is 1.73. The zero-order valence-corrected chi connectivity index (χ0v) is 12.5. The van der Waals surface area contributed by atoms with Gasteiger partial charge in [0.05, 0.1) is 15.9 Å². The first-order chi connectivity index (χ1) is 8.65. The Kier molecular flexibility index (Phi) is 3.05. The van der Waals surface area contributed by atoms with E-state index in [4.69, 9.17) is 11.6 Å². The van der Waals surface area contributed by atoms with Gasteiger partial charge in [-0.2, -0.15) is 0 Å². The lowest BCUT2D eigenvalue weighted by Crippen LogP contribution is -1.92. The van der Waals surface area contributed by atoms with E-state index in [0.29, 0.717) is 11.0 Å². The van der Waals surface area contributed by atoms with E-state index in [9.17, 15) is 0 Å². The predicted octanol–water partition coefficient (Wildman–Crippen LogP) is 4.48. The number of aromatic nitrogens is 3. The molecule has 18 heavy (non-hydrogen) atoms. The van der Waals surface area contributed by atoms with Crippen LogP contribution in [-0.4, -0.2) is 15.0 Å². The van der Waals surface area contributed by atoms with Crippen LogP contribution in [0.25, 0.3) is 21.6 Å². The van der Waals surface area contributed by atoms with Crippen LogP contribution in [0.1, 0.15) is 5.56 Å². The lowest BCUT2D eigenvalue weighted by molar-refractivity contribution is 1.23. The van der Waals surface area contributed by atoms with E-state index in [2.05, 4.69) is 30.9 Å². The molecule has 0 unspecified atom stereocenters. The molecule has 0 saturated heterocycles. The maximum Gasteiger partial charge on any atom is 0.173 e. The minimum Gasteiger partial charge on any atom is -0.252 e. The Bertz CT molecular complexity index is 728. The molecule has 0 radical (unpaired) electrons. The third-order valence-corrected chi connectivity index (χ3v) is 4.17. The van der Waals surface area contributed by atoms with E-state index in [1.165, 1.54) is 11.3 Å². The van der Waals surface area contributed by atoms with Gasteiger partial charge in [0.2, 0.25) is 0 Å². The molecule has 0 aliphatic carbocycles. The fraction of sp³-hybridized carbons (Fsp3) is 0.0833. The standard InChI is InChI=1S/C12H7BrClN3S/c1-6-2-7-10(8(13)3-6)16-12(17-11(7)14)9-4-15-5-18-9/h2-5H,1H3. The first-order valence-corrected chi connectivity index (χ1v) is 7.22. The van der Waals surface area contributed by atoms with Crippen molar-refractivity contribution in [2.45, 2.75) is 6.92 Å². The number of rotatable bonds is 1. The van der Waals surface area contributed by atoms with E-state index >= 15 is 0 Å². The van der Waals surface area contributed by atoms with Gasteiger partial charge in [0.1, 0.15) is 5.15 Å². The molecule has 0 amide bonds. The lowest BCUT2D eigenvalue weighted by Gasteiger charge is -2.05. The zero-order valence-electron chi connectivity index (χ0n) is 9.32. The third kappa shape index (κ3) is 2.02. The number of hydrogen-bond donors (Lipinski definition) is 0. The monoisotopic (exact) mass is 339 g/mol. The Morgan fingerprint density at radius 2 is 2.11 bits per heavy atom. The van der Waals surface area contributed by atoms with Gasteiger partial charge in [-0.1, -0.05) is 11.6 Å². The van der Waals surface area contributed by atoms with Crippen LogP contribution in [0.5, 0.6) is 0 Å². The number of aryl methyl sites for hydroxylation is 1. The molecule has 1 aromatic carbocycles. The highest BCUT2D eigenvalue weighted by molar-refractivity contribution is 9.10. The van der Waals surface area contributed by atoms with Gasteiger partial charge in [0.15, 0.2) is 5.82 Å². The summed E-state index contributed by atoms with van der Waals surface area (Å²) in [4.78, 5) is 13.8. The molecule has 0 bridgehead atoms. The topological polar surface area (TPSA) is 38.7 Å². The zero-order chi connectivity index (χ0) is 12.7. The SMILES string of the molecule is Cc1cc(Br)c2nc(-c3cncs3)nc(Cl)c2c1. The van der Waals surface area contributed by atoms with Gasteiger partial charge in [-0.05, 0) is 40.5 Å². The van der Waals surface area contributed by atoms with E-state index in [1.54, 1.807) is 11.7 Å². The maximum absolute atomic E-state index is 6.24. The molecule has 0 aliphatic heterocycles. The average Bonchev–Trinajstić information content (AvgIpc) is 2.83. The van der Waals surface area contributed by atoms with Crippen molar-refractivity contribution in [1.29, 1.82) is 0 Å². The van der Waals surface area contributed by atoms with Gasteiger partial charge in [0, 0.05) is 16.1 Å². The van der Waals surface area contributed by atoms with E-state index in [0.717, 1.165) is 25.8 Å². The van der Waals surface area contributed by atoms with Crippen LogP contribution in [0.15, 0.2) is 28.3 Å². The van der Waals surface area contributed by atoms with Crippen LogP contribution in [0.4, 0.5) is 0 Å². The van der Waals surface area contributed by atoms with Crippen LogP contribution in [-0.2, 0) is 0 Å². The molecule has 0 fully saturated rings. The summed E-state index contributed by atoms with van der Waals surface area (Å²) in [5, 5.41) is 1.32. The third-order valence-electron chi connectivity index (χ3n) is 2.50. The Morgan fingerprint density at radius 3 is 2.83 bits per heavy atom. The molecular formula is C12H7BrClN3S. The summed E-state index contributed by atoms with van der Waals surface area (Å²) in [5.41, 5.74) is 3.69. The van der Waals surface area contributed by atoms with Crippen molar-refractivity contribution in [3.8, 4) is 10.7 Å². The van der Waals surface area contributed by atoms with E-state index in [-0.39, 0.29) is 0 Å². The van der Waals surface area contributed by atoms with Crippen molar-refractivity contribution >= 4 is 49.8 Å². The van der Waals surface area contributed by atoms with E-state index < -0.39 is 0 Å². The number of benzene rings is 1. The van der Waals surface area contributed by atoms with Crippen molar-refractivity contribution < 1.29 is 0 Å². The fourth-order valence-corrected chi connectivity index (χ4v) is 3.17. The van der Waals surface area contributed by atoms with Gasteiger partial charge in [-0.25, -0.2) is 9.97 Å². The Hall–Kier alpha value is -1.04. The van der Waals surface area contributed by atoms with Gasteiger partial charge in [-0.15, -0.1) is 11.3 Å². The van der Waals surface area contributed by atoms with Crippen LogP contribution in [0.3, 0.4) is 0 Å². The second kappa shape index (κ2) is 4.57. The molecule has 0 atom stereocenters. The molecule has 3 aromatic rings. The molecule has 3 rings (SSSR count). The van der Waals surface area contributed by atoms with Crippen LogP contribution < -0.4 is 0 Å². The molecule has 0 N–H and O–H groups in total. The Morgan fingerprint density at radius 1 is 1.28 bits per heavy atom. The molecule has 2 aromatic heterocycles. The summed E-state index contributed by atoms with van der Waals surface area (Å²) < 4.78 is 0.924. The van der Waals surface area contributed by atoms with Crippen molar-refractivity contribution in [2.75, 3.05) is 0 Å². The van der Waals surface area contributed by atoms with Crippen molar-refractivity contribution in [3.05, 3.63) is 39.0 Å². The molecular weight excluding hydrogens is 334 g/mol. The van der Waals surface area contributed by atoms with Crippen molar-refractivity contribution in [1.82, 2.24) is 15.0 Å². The average molecular weight is 341 g/mol. The van der Waals surface area contributed by atoms with Gasteiger partial charge in [0.25, 0.3) is 0 Å². The molecule has 2 heterocycles. The first kappa shape index (κ1) is 12.0. The molecule has 6 heteroatoms. The van der Waals surface area contributed by atoms with Crippen molar-refractivity contribution in [3.63, 3.8) is 0 Å². The minimum absolute atomic E-state index is 0.466. The normalized spacial score (nSPS) is 11.1. The maximum atomic E-state index is 6.24. The lowest BCUT2D eigenvalue weighted by atomic mass is 10.2. The quantitative estimate of drug-likeness (QED) is 0.613. The smallest absolute Gasteiger partial charge is 0.173 e. The Balaban J connectivity index is 2.34. The molecule has 0 saturated carbocycles. The second-order valence-electron chi connectivity index (χ2n) is 3.85. The summed E-state index contributed by atoms with van der Waals surface area (Å²) in [6.45, 7) is 2.01. The summed E-state index contributed by atoms with van der Waals surface area (Å²) in [6, 6.07) is 4.00. The molecule has 3 nitrogen and oxygen atoms in total. The number of fused-ring (bicyclic) bond motifs is 1. The highest BCUT2D eigenvalue weighted by Gasteiger charge is 2.11. The van der Waals surface area contributed by atoms with E-state index in [1.807, 2.05) is 19.1 Å².